The predicted octanol–water partition coefficient (Wildman–Crippen LogP) is 5.13. The van der Waals surface area contributed by atoms with Crippen LogP contribution in [0.5, 0.6) is 11.5 Å². The second kappa shape index (κ2) is 5.93. The van der Waals surface area contributed by atoms with E-state index in [0.29, 0.717) is 21.0 Å². The molecule has 0 fully saturated rings. The van der Waals surface area contributed by atoms with Gasteiger partial charge in [0, 0.05) is 10.7 Å². The van der Waals surface area contributed by atoms with Crippen molar-refractivity contribution in [3.8, 4) is 11.5 Å². The lowest BCUT2D eigenvalue weighted by atomic mass is 10.2. The smallest absolute Gasteiger partial charge is 0.261 e. The minimum Gasteiger partial charge on any atom is -0.455 e. The molecule has 0 aliphatic heterocycles. The highest BCUT2D eigenvalue weighted by atomic mass is 79.9. The third-order valence-corrected chi connectivity index (χ3v) is 4.76. The first kappa shape index (κ1) is 15.6. The van der Waals surface area contributed by atoms with E-state index >= 15 is 0 Å². The Labute approximate surface area is 135 Å². The number of aryl methyl sites for hydroxylation is 1. The highest BCUT2D eigenvalue weighted by Gasteiger charge is 2.13. The fraction of sp³-hybridized carbons (Fsp3) is 0.0769. The van der Waals surface area contributed by atoms with E-state index in [0.717, 1.165) is 5.56 Å². The molecule has 0 unspecified atom stereocenters. The summed E-state index contributed by atoms with van der Waals surface area (Å²) in [5, 5.41) is 0.478. The minimum atomic E-state index is -3.77. The van der Waals surface area contributed by atoms with Crippen molar-refractivity contribution in [2.45, 2.75) is 11.8 Å². The van der Waals surface area contributed by atoms with Gasteiger partial charge in [-0.2, -0.15) is 0 Å². The normalized spacial score (nSPS) is 11.4. The molecular formula is C13H9BrCl2O3S. The largest absolute Gasteiger partial charge is 0.455 e. The maximum atomic E-state index is 11.2. The van der Waals surface area contributed by atoms with Gasteiger partial charge in [0.05, 0.1) is 14.4 Å². The van der Waals surface area contributed by atoms with Crippen LogP contribution in [-0.4, -0.2) is 8.42 Å². The first-order valence-corrected chi connectivity index (χ1v) is 8.93. The Morgan fingerprint density at radius 1 is 1.10 bits per heavy atom. The molecule has 2 aromatic rings. The fourth-order valence-electron chi connectivity index (χ4n) is 1.52. The molecule has 106 valence electrons. The van der Waals surface area contributed by atoms with E-state index in [-0.39, 0.29) is 4.90 Å². The maximum Gasteiger partial charge on any atom is 0.261 e. The molecule has 2 aromatic carbocycles. The summed E-state index contributed by atoms with van der Waals surface area (Å²) in [6, 6.07) is 9.64. The highest BCUT2D eigenvalue weighted by Crippen LogP contribution is 2.35. The van der Waals surface area contributed by atoms with Gasteiger partial charge in [-0.1, -0.05) is 17.7 Å². The second-order valence-corrected chi connectivity index (χ2v) is 7.89. The lowest BCUT2D eigenvalue weighted by Crippen LogP contribution is -1.92. The predicted molar refractivity (Wildman–Crippen MR) is 83.4 cm³/mol. The van der Waals surface area contributed by atoms with E-state index in [9.17, 15) is 8.42 Å². The third-order valence-electron chi connectivity index (χ3n) is 2.49. The SMILES string of the molecule is Cc1ccc(Oc2ccc(S(=O)(=O)Cl)cc2Br)c(Cl)c1. The molecule has 0 N–H and O–H groups in total. The van der Waals surface area contributed by atoms with Crippen LogP contribution >= 0.6 is 38.2 Å². The van der Waals surface area contributed by atoms with Crippen LogP contribution in [-0.2, 0) is 9.05 Å². The summed E-state index contributed by atoms with van der Waals surface area (Å²) in [4.78, 5) is -0.00612. The molecule has 0 heterocycles. The minimum absolute atomic E-state index is 0.00612. The van der Waals surface area contributed by atoms with E-state index < -0.39 is 9.05 Å². The Bertz CT molecular complexity index is 760. The molecule has 0 radical (unpaired) electrons. The van der Waals surface area contributed by atoms with Gasteiger partial charge in [0.15, 0.2) is 0 Å². The quantitative estimate of drug-likeness (QED) is 0.676. The Kier molecular flexibility index (Phi) is 4.64. The molecule has 20 heavy (non-hydrogen) atoms. The molecule has 0 aromatic heterocycles. The lowest BCUT2D eigenvalue weighted by Gasteiger charge is -2.10. The van der Waals surface area contributed by atoms with Crippen LogP contribution < -0.4 is 4.74 Å². The van der Waals surface area contributed by atoms with Crippen molar-refractivity contribution < 1.29 is 13.2 Å². The average Bonchev–Trinajstić information content (AvgIpc) is 2.33. The first-order valence-electron chi connectivity index (χ1n) is 5.45. The Morgan fingerprint density at radius 3 is 2.30 bits per heavy atom. The summed E-state index contributed by atoms with van der Waals surface area (Å²) in [5.41, 5.74) is 1.02. The van der Waals surface area contributed by atoms with Gasteiger partial charge < -0.3 is 4.74 Å². The van der Waals surface area contributed by atoms with Crippen LogP contribution in [0.3, 0.4) is 0 Å². The molecule has 0 aliphatic carbocycles. The van der Waals surface area contributed by atoms with Crippen molar-refractivity contribution in [1.29, 1.82) is 0 Å². The number of ether oxygens (including phenoxy) is 1. The van der Waals surface area contributed by atoms with Crippen molar-refractivity contribution in [3.05, 3.63) is 51.5 Å². The number of rotatable bonds is 3. The summed E-state index contributed by atoms with van der Waals surface area (Å²) >= 11 is 9.32. The number of hydrogen-bond donors (Lipinski definition) is 0. The van der Waals surface area contributed by atoms with Gasteiger partial charge in [-0.25, -0.2) is 8.42 Å². The maximum absolute atomic E-state index is 11.2. The van der Waals surface area contributed by atoms with E-state index in [4.69, 9.17) is 27.0 Å². The fourth-order valence-corrected chi connectivity index (χ4v) is 3.19. The Hall–Kier alpha value is -0.750. The molecule has 7 heteroatoms. The monoisotopic (exact) mass is 394 g/mol. The summed E-state index contributed by atoms with van der Waals surface area (Å²) < 4.78 is 28.6. The molecule has 0 aliphatic rings. The van der Waals surface area contributed by atoms with Crippen LogP contribution in [0.1, 0.15) is 5.56 Å². The summed E-state index contributed by atoms with van der Waals surface area (Å²) in [7, 11) is 1.51. The zero-order valence-corrected chi connectivity index (χ0v) is 14.1. The van der Waals surface area contributed by atoms with Gasteiger partial charge in [-0.15, -0.1) is 0 Å². The standard InChI is InChI=1S/C13H9BrCl2O3S/c1-8-2-4-13(11(15)6-8)19-12-5-3-9(7-10(12)14)20(16,17)18/h2-7H,1H3. The van der Waals surface area contributed by atoms with Crippen LogP contribution in [0.2, 0.25) is 5.02 Å². The zero-order valence-electron chi connectivity index (χ0n) is 10.2. The molecule has 3 nitrogen and oxygen atoms in total. The average molecular weight is 396 g/mol. The van der Waals surface area contributed by atoms with Crippen molar-refractivity contribution in [1.82, 2.24) is 0 Å². The van der Waals surface area contributed by atoms with Crippen molar-refractivity contribution in [3.63, 3.8) is 0 Å². The van der Waals surface area contributed by atoms with Crippen LogP contribution in [0.25, 0.3) is 0 Å². The van der Waals surface area contributed by atoms with E-state index in [1.54, 1.807) is 12.1 Å². The molecule has 0 saturated carbocycles. The van der Waals surface area contributed by atoms with Crippen LogP contribution in [0.15, 0.2) is 45.8 Å². The van der Waals surface area contributed by atoms with Gasteiger partial charge in [0.25, 0.3) is 9.05 Å². The molecule has 0 amide bonds. The number of hydrogen-bond acceptors (Lipinski definition) is 3. The molecule has 0 spiro atoms. The van der Waals surface area contributed by atoms with Crippen molar-refractivity contribution in [2.24, 2.45) is 0 Å². The number of benzene rings is 2. The Balaban J connectivity index is 2.35. The Morgan fingerprint density at radius 2 is 1.75 bits per heavy atom. The van der Waals surface area contributed by atoms with Gasteiger partial charge in [-0.3, -0.25) is 0 Å². The topological polar surface area (TPSA) is 43.4 Å². The van der Waals surface area contributed by atoms with E-state index in [1.807, 2.05) is 13.0 Å². The van der Waals surface area contributed by atoms with E-state index in [2.05, 4.69) is 15.9 Å². The van der Waals surface area contributed by atoms with E-state index in [1.165, 1.54) is 18.2 Å². The molecule has 0 bridgehead atoms. The zero-order chi connectivity index (χ0) is 14.9. The van der Waals surface area contributed by atoms with Crippen molar-refractivity contribution in [2.75, 3.05) is 0 Å². The van der Waals surface area contributed by atoms with Crippen LogP contribution in [0.4, 0.5) is 0 Å². The van der Waals surface area contributed by atoms with Gasteiger partial charge in [0.1, 0.15) is 11.5 Å². The summed E-state index contributed by atoms with van der Waals surface area (Å²) in [6.45, 7) is 1.92. The van der Waals surface area contributed by atoms with Gasteiger partial charge in [-0.05, 0) is 58.7 Å². The molecule has 0 atom stereocenters. The van der Waals surface area contributed by atoms with Crippen molar-refractivity contribution >= 4 is 47.3 Å². The van der Waals surface area contributed by atoms with Crippen LogP contribution in [0, 0.1) is 6.92 Å². The lowest BCUT2D eigenvalue weighted by molar-refractivity contribution is 0.479. The second-order valence-electron chi connectivity index (χ2n) is 4.07. The third kappa shape index (κ3) is 3.67. The van der Waals surface area contributed by atoms with Gasteiger partial charge >= 0.3 is 0 Å². The summed E-state index contributed by atoms with van der Waals surface area (Å²) in [5.74, 6) is 0.930. The van der Waals surface area contributed by atoms with Gasteiger partial charge in [0.2, 0.25) is 0 Å². The highest BCUT2D eigenvalue weighted by molar-refractivity contribution is 9.10. The molecule has 0 saturated heterocycles. The molecular weight excluding hydrogens is 387 g/mol. The molecule has 2 rings (SSSR count). The summed E-state index contributed by atoms with van der Waals surface area (Å²) in [6.07, 6.45) is 0. The number of halogens is 3. The first-order chi connectivity index (χ1) is 9.27.